The molecule has 2 aromatic rings. The van der Waals surface area contributed by atoms with Gasteiger partial charge in [-0.05, 0) is 24.6 Å². The zero-order valence-electron chi connectivity index (χ0n) is 15.4. The quantitative estimate of drug-likeness (QED) is 0.393. The standard InChI is InChI=1S/C11H12O2.C7H6O2S.C3H4O2/c1-9(2)11(12)13-8-10-6-4-3-5-7-10;8-7(9)5-3-1-2-4-6(5)10;1-2-3(4)5/h3-7H,1,8H2,2H3;1-4,10H,(H,8,9);2H,1H2,(H,4,5). The minimum Gasteiger partial charge on any atom is -0.478 e. The summed E-state index contributed by atoms with van der Waals surface area (Å²) < 4.78 is 4.95. The van der Waals surface area contributed by atoms with Gasteiger partial charge in [-0.1, -0.05) is 55.6 Å². The van der Waals surface area contributed by atoms with Gasteiger partial charge in [0.25, 0.3) is 0 Å². The summed E-state index contributed by atoms with van der Waals surface area (Å²) >= 11 is 3.96. The van der Waals surface area contributed by atoms with E-state index in [-0.39, 0.29) is 11.5 Å². The maximum absolute atomic E-state index is 11.0. The number of aromatic carboxylic acids is 1. The molecule has 2 aromatic carbocycles. The number of esters is 1. The van der Waals surface area contributed by atoms with Crippen LogP contribution >= 0.6 is 12.6 Å². The monoisotopic (exact) mass is 402 g/mol. The highest BCUT2D eigenvalue weighted by Gasteiger charge is 2.04. The molecule has 28 heavy (non-hydrogen) atoms. The van der Waals surface area contributed by atoms with Crippen LogP contribution in [0.3, 0.4) is 0 Å². The molecule has 0 atom stereocenters. The van der Waals surface area contributed by atoms with Gasteiger partial charge in [-0.15, -0.1) is 12.6 Å². The van der Waals surface area contributed by atoms with Crippen LogP contribution in [0.1, 0.15) is 22.8 Å². The maximum Gasteiger partial charge on any atom is 0.336 e. The first kappa shape index (κ1) is 24.7. The summed E-state index contributed by atoms with van der Waals surface area (Å²) in [5.74, 6) is -2.26. The highest BCUT2D eigenvalue weighted by Crippen LogP contribution is 2.11. The van der Waals surface area contributed by atoms with E-state index < -0.39 is 11.9 Å². The molecule has 0 saturated carbocycles. The summed E-state index contributed by atoms with van der Waals surface area (Å²) in [6, 6.07) is 16.1. The van der Waals surface area contributed by atoms with Crippen LogP contribution in [-0.2, 0) is 20.9 Å². The molecule has 0 bridgehead atoms. The predicted molar refractivity (Wildman–Crippen MR) is 110 cm³/mol. The van der Waals surface area contributed by atoms with E-state index in [9.17, 15) is 14.4 Å². The van der Waals surface area contributed by atoms with Crippen LogP contribution in [-0.4, -0.2) is 28.1 Å². The molecule has 0 unspecified atom stereocenters. The lowest BCUT2D eigenvalue weighted by Gasteiger charge is -2.03. The molecule has 0 radical (unpaired) electrons. The van der Waals surface area contributed by atoms with Crippen molar-refractivity contribution < 1.29 is 29.3 Å². The molecule has 0 aromatic heterocycles. The van der Waals surface area contributed by atoms with Crippen molar-refractivity contribution in [2.45, 2.75) is 18.4 Å². The third kappa shape index (κ3) is 11.3. The fourth-order valence-corrected chi connectivity index (χ4v) is 1.76. The molecule has 2 N–H and O–H groups in total. The van der Waals surface area contributed by atoms with Crippen molar-refractivity contribution in [3.63, 3.8) is 0 Å². The van der Waals surface area contributed by atoms with Crippen molar-refractivity contribution in [3.05, 3.63) is 90.5 Å². The second kappa shape index (κ2) is 13.8. The maximum atomic E-state index is 11.0. The number of ether oxygens (including phenoxy) is 1. The van der Waals surface area contributed by atoms with Crippen molar-refractivity contribution in [1.29, 1.82) is 0 Å². The third-order valence-electron chi connectivity index (χ3n) is 2.87. The summed E-state index contributed by atoms with van der Waals surface area (Å²) in [5, 5.41) is 16.1. The van der Waals surface area contributed by atoms with Gasteiger partial charge in [-0.2, -0.15) is 0 Å². The summed E-state index contributed by atoms with van der Waals surface area (Å²) in [5.41, 5.74) is 1.65. The van der Waals surface area contributed by atoms with E-state index in [0.29, 0.717) is 17.1 Å². The predicted octanol–water partition coefficient (Wildman–Crippen LogP) is 4.24. The Morgan fingerprint density at radius 2 is 1.54 bits per heavy atom. The van der Waals surface area contributed by atoms with Crippen LogP contribution < -0.4 is 0 Å². The molecule has 148 valence electrons. The van der Waals surface area contributed by atoms with E-state index >= 15 is 0 Å². The summed E-state index contributed by atoms with van der Waals surface area (Å²) in [7, 11) is 0. The number of thiol groups is 1. The van der Waals surface area contributed by atoms with Crippen molar-refractivity contribution in [2.24, 2.45) is 0 Å². The first-order valence-electron chi connectivity index (χ1n) is 7.92. The molecule has 0 aliphatic heterocycles. The van der Waals surface area contributed by atoms with Gasteiger partial charge in [-0.3, -0.25) is 0 Å². The topological polar surface area (TPSA) is 101 Å². The second-order valence-corrected chi connectivity index (χ2v) is 5.69. The molecular formula is C21H22O6S. The Labute approximate surface area is 169 Å². The molecule has 0 fully saturated rings. The minimum absolute atomic E-state index is 0.242. The highest BCUT2D eigenvalue weighted by atomic mass is 32.1. The minimum atomic E-state index is -0.981. The van der Waals surface area contributed by atoms with Gasteiger partial charge < -0.3 is 14.9 Å². The Hall–Kier alpha value is -3.32. The fourth-order valence-electron chi connectivity index (χ4n) is 1.50. The first-order chi connectivity index (χ1) is 13.2. The molecule has 0 aliphatic carbocycles. The van der Waals surface area contributed by atoms with Crippen LogP contribution in [0.15, 0.2) is 84.3 Å². The van der Waals surface area contributed by atoms with Gasteiger partial charge in [0.05, 0.1) is 5.56 Å². The fraction of sp³-hybridized carbons (Fsp3) is 0.0952. The van der Waals surface area contributed by atoms with E-state index in [1.807, 2.05) is 30.3 Å². The van der Waals surface area contributed by atoms with Gasteiger partial charge in [-0.25, -0.2) is 14.4 Å². The number of hydrogen-bond acceptors (Lipinski definition) is 5. The first-order valence-corrected chi connectivity index (χ1v) is 8.37. The SMILES string of the molecule is C=C(C)C(=O)OCc1ccccc1.C=CC(=O)O.O=C(O)c1ccccc1S. The molecule has 2 rings (SSSR count). The van der Waals surface area contributed by atoms with Crippen molar-refractivity contribution in [2.75, 3.05) is 0 Å². The normalized spacial score (nSPS) is 8.79. The summed E-state index contributed by atoms with van der Waals surface area (Å²) in [6.45, 7) is 8.40. The molecular weight excluding hydrogens is 380 g/mol. The van der Waals surface area contributed by atoms with Crippen LogP contribution in [0.4, 0.5) is 0 Å². The van der Waals surface area contributed by atoms with Crippen LogP contribution in [0.5, 0.6) is 0 Å². The van der Waals surface area contributed by atoms with Crippen LogP contribution in [0.25, 0.3) is 0 Å². The number of carbonyl (C=O) groups excluding carboxylic acids is 1. The van der Waals surface area contributed by atoms with Gasteiger partial charge in [0, 0.05) is 16.5 Å². The Kier molecular flexibility index (Phi) is 12.2. The molecule has 6 nitrogen and oxygen atoms in total. The van der Waals surface area contributed by atoms with E-state index in [0.717, 1.165) is 11.6 Å². The largest absolute Gasteiger partial charge is 0.478 e. The average Bonchev–Trinajstić information content (AvgIpc) is 2.68. The zero-order valence-corrected chi connectivity index (χ0v) is 16.3. The van der Waals surface area contributed by atoms with E-state index in [4.69, 9.17) is 14.9 Å². The van der Waals surface area contributed by atoms with Crippen LogP contribution in [0.2, 0.25) is 0 Å². The molecule has 0 saturated heterocycles. The molecule has 7 heteroatoms. The second-order valence-electron chi connectivity index (χ2n) is 5.21. The van der Waals surface area contributed by atoms with Gasteiger partial charge in [0.1, 0.15) is 6.61 Å². The van der Waals surface area contributed by atoms with Gasteiger partial charge >= 0.3 is 17.9 Å². The lowest BCUT2D eigenvalue weighted by molar-refractivity contribution is -0.140. The highest BCUT2D eigenvalue weighted by molar-refractivity contribution is 7.80. The lowest BCUT2D eigenvalue weighted by Crippen LogP contribution is -2.04. The number of carboxylic acids is 2. The number of rotatable bonds is 5. The average molecular weight is 402 g/mol. The number of benzene rings is 2. The van der Waals surface area contributed by atoms with Crippen molar-refractivity contribution >= 4 is 30.5 Å². The van der Waals surface area contributed by atoms with E-state index in [1.54, 1.807) is 25.1 Å². The molecule has 0 heterocycles. The molecule has 0 aliphatic rings. The van der Waals surface area contributed by atoms with Crippen molar-refractivity contribution in [3.8, 4) is 0 Å². The smallest absolute Gasteiger partial charge is 0.336 e. The Bertz CT molecular complexity index is 815. The number of carboxylic acid groups (broad SMARTS) is 2. The number of hydrogen-bond donors (Lipinski definition) is 3. The number of aliphatic carboxylic acids is 1. The van der Waals surface area contributed by atoms with E-state index in [1.165, 1.54) is 6.07 Å². The zero-order chi connectivity index (χ0) is 21.5. The molecule has 0 amide bonds. The Balaban J connectivity index is 0.000000431. The Morgan fingerprint density at radius 1 is 1.04 bits per heavy atom. The summed E-state index contributed by atoms with van der Waals surface area (Å²) in [4.78, 5) is 31.1. The van der Waals surface area contributed by atoms with Gasteiger partial charge in [0.2, 0.25) is 0 Å². The summed E-state index contributed by atoms with van der Waals surface area (Å²) in [6.07, 6.45) is 0.833. The van der Waals surface area contributed by atoms with Gasteiger partial charge in [0.15, 0.2) is 0 Å². The van der Waals surface area contributed by atoms with Crippen molar-refractivity contribution in [1.82, 2.24) is 0 Å². The molecule has 0 spiro atoms. The van der Waals surface area contributed by atoms with E-state index in [2.05, 4.69) is 25.8 Å². The number of carbonyl (C=O) groups is 3. The van der Waals surface area contributed by atoms with Crippen LogP contribution in [0, 0.1) is 0 Å². The Morgan fingerprint density at radius 3 is 1.93 bits per heavy atom. The lowest BCUT2D eigenvalue weighted by atomic mass is 10.2. The third-order valence-corrected chi connectivity index (χ3v) is 3.26.